The lowest BCUT2D eigenvalue weighted by molar-refractivity contribution is 0.114. The van der Waals surface area contributed by atoms with Crippen molar-refractivity contribution >= 4 is 22.9 Å². The molecule has 0 radical (unpaired) electrons. The average molecular weight is 447 g/mol. The van der Waals surface area contributed by atoms with Crippen LogP contribution < -0.4 is 19.4 Å². The minimum Gasteiger partial charge on any atom is -0.464 e. The summed E-state index contributed by atoms with van der Waals surface area (Å²) in [5.41, 5.74) is 4.86. The third-order valence-electron chi connectivity index (χ3n) is 5.82. The van der Waals surface area contributed by atoms with E-state index in [2.05, 4.69) is 73.6 Å². The number of ether oxygens (including phenoxy) is 2. The highest BCUT2D eigenvalue weighted by atomic mass is 32.2. The Balaban J connectivity index is 1.63. The maximum absolute atomic E-state index is 6.08. The maximum Gasteiger partial charge on any atom is 0.226 e. The van der Waals surface area contributed by atoms with Crippen molar-refractivity contribution in [1.82, 2.24) is 4.90 Å². The summed E-state index contributed by atoms with van der Waals surface area (Å²) in [7, 11) is 5.53. The SMILES string of the molecule is CO[s+]1c(COCCCN(C)C)cc2c1-c1ccccc1C=c1cc3c(cc1-2)=CC=CO3. The van der Waals surface area contributed by atoms with Gasteiger partial charge in [0.1, 0.15) is 12.4 Å². The fourth-order valence-electron chi connectivity index (χ4n) is 4.35. The summed E-state index contributed by atoms with van der Waals surface area (Å²) in [5.74, 6) is 0.890. The summed E-state index contributed by atoms with van der Waals surface area (Å²) >= 11 is 0. The van der Waals surface area contributed by atoms with Crippen molar-refractivity contribution in [3.05, 3.63) is 75.7 Å². The van der Waals surface area contributed by atoms with E-state index >= 15 is 0 Å². The molecule has 0 saturated heterocycles. The predicted octanol–water partition coefficient (Wildman–Crippen LogP) is 4.13. The molecule has 164 valence electrons. The van der Waals surface area contributed by atoms with Crippen LogP contribution >= 0.6 is 10.8 Å². The molecule has 4 nitrogen and oxygen atoms in total. The van der Waals surface area contributed by atoms with Gasteiger partial charge in [-0.15, -0.1) is 0 Å². The van der Waals surface area contributed by atoms with Crippen LogP contribution in [0.15, 0.2) is 54.8 Å². The Bertz CT molecular complexity index is 1300. The van der Waals surface area contributed by atoms with E-state index in [9.17, 15) is 0 Å². The first kappa shape index (κ1) is 21.2. The Kier molecular flexibility index (Phi) is 5.98. The van der Waals surface area contributed by atoms with Crippen LogP contribution in [0, 0.1) is 0 Å². The van der Waals surface area contributed by atoms with Crippen LogP contribution in [0.4, 0.5) is 0 Å². The summed E-state index contributed by atoms with van der Waals surface area (Å²) in [6.07, 6.45) is 9.04. The zero-order valence-corrected chi connectivity index (χ0v) is 19.6. The van der Waals surface area contributed by atoms with Crippen LogP contribution in [0.3, 0.4) is 0 Å². The van der Waals surface area contributed by atoms with Crippen LogP contribution in [0.25, 0.3) is 33.7 Å². The normalized spacial score (nSPS) is 13.8. The Morgan fingerprint density at radius 1 is 1.00 bits per heavy atom. The largest absolute Gasteiger partial charge is 0.464 e. The summed E-state index contributed by atoms with van der Waals surface area (Å²) < 4.78 is 17.9. The van der Waals surface area contributed by atoms with Gasteiger partial charge in [-0.2, -0.15) is 4.18 Å². The van der Waals surface area contributed by atoms with E-state index in [1.807, 2.05) is 6.08 Å². The lowest BCUT2D eigenvalue weighted by atomic mass is 10.0. The fourth-order valence-corrected chi connectivity index (χ4v) is 6.16. The molecule has 2 heterocycles. The Morgan fingerprint density at radius 3 is 2.72 bits per heavy atom. The highest BCUT2D eigenvalue weighted by Crippen LogP contribution is 2.47. The number of thiophene rings is 1. The van der Waals surface area contributed by atoms with Gasteiger partial charge in [0.15, 0.2) is 10.8 Å². The molecule has 0 N–H and O–H groups in total. The zero-order chi connectivity index (χ0) is 22.1. The van der Waals surface area contributed by atoms with E-state index in [1.54, 1.807) is 13.4 Å². The first-order valence-corrected chi connectivity index (χ1v) is 12.1. The molecule has 2 aromatic carbocycles. The summed E-state index contributed by atoms with van der Waals surface area (Å²) in [4.78, 5) is 4.63. The second-order valence-electron chi connectivity index (χ2n) is 8.32. The quantitative estimate of drug-likeness (QED) is 0.316. The van der Waals surface area contributed by atoms with Gasteiger partial charge in [0.05, 0.1) is 18.9 Å². The van der Waals surface area contributed by atoms with Gasteiger partial charge in [0, 0.05) is 23.5 Å². The molecule has 1 aliphatic heterocycles. The molecule has 1 unspecified atom stereocenters. The number of benzene rings is 2. The van der Waals surface area contributed by atoms with Gasteiger partial charge < -0.3 is 14.4 Å². The molecule has 32 heavy (non-hydrogen) atoms. The van der Waals surface area contributed by atoms with E-state index in [0.29, 0.717) is 6.61 Å². The molecule has 5 rings (SSSR count). The summed E-state index contributed by atoms with van der Waals surface area (Å²) in [6, 6.07) is 15.2. The van der Waals surface area contributed by atoms with Crippen molar-refractivity contribution in [2.24, 2.45) is 0 Å². The second-order valence-corrected chi connectivity index (χ2v) is 10.1. The number of allylic oxidation sites excluding steroid dienone is 1. The molecule has 5 heteroatoms. The lowest BCUT2D eigenvalue weighted by Crippen LogP contribution is -2.16. The highest BCUT2D eigenvalue weighted by molar-refractivity contribution is 7.30. The molecule has 1 atom stereocenters. The van der Waals surface area contributed by atoms with Gasteiger partial charge in [0.25, 0.3) is 0 Å². The molecular weight excluding hydrogens is 418 g/mol. The van der Waals surface area contributed by atoms with E-state index in [1.165, 1.54) is 32.0 Å². The smallest absolute Gasteiger partial charge is 0.226 e. The Hall–Kier alpha value is -2.70. The molecule has 1 aliphatic carbocycles. The predicted molar refractivity (Wildman–Crippen MR) is 132 cm³/mol. The van der Waals surface area contributed by atoms with Crippen LogP contribution in [0.2, 0.25) is 0 Å². The molecule has 3 aromatic rings. The standard InChI is InChI=1S/C27H28NO3S/c1-28(2)11-7-12-30-18-22-17-25-24-15-20-9-6-13-31-26(20)16-21(24)14-19-8-4-5-10-23(19)27(25)32(22)29-3/h4-6,8-10,13-17H,7,11-12,18H2,1-3H3/q+1. The number of hydrogen-bond acceptors (Lipinski definition) is 4. The van der Waals surface area contributed by atoms with Gasteiger partial charge in [-0.25, -0.2) is 0 Å². The van der Waals surface area contributed by atoms with Crippen LogP contribution in [0.5, 0.6) is 5.75 Å². The molecule has 0 amide bonds. The van der Waals surface area contributed by atoms with E-state index < -0.39 is 10.8 Å². The third kappa shape index (κ3) is 3.93. The van der Waals surface area contributed by atoms with Crippen molar-refractivity contribution in [2.75, 3.05) is 34.4 Å². The Labute approximate surface area is 191 Å². The number of nitrogens with zero attached hydrogens (tertiary/aromatic N) is 1. The fraction of sp³-hybridized carbons (Fsp3) is 0.259. The van der Waals surface area contributed by atoms with Crippen molar-refractivity contribution in [3.8, 4) is 27.3 Å². The summed E-state index contributed by atoms with van der Waals surface area (Å²) in [6.45, 7) is 2.36. The first-order chi connectivity index (χ1) is 15.7. The molecular formula is C27H28NO3S+. The summed E-state index contributed by atoms with van der Waals surface area (Å²) in [5, 5.41) is 2.26. The van der Waals surface area contributed by atoms with Gasteiger partial charge in [-0.05, 0) is 79.8 Å². The number of hydrogen-bond donors (Lipinski definition) is 0. The van der Waals surface area contributed by atoms with E-state index in [0.717, 1.165) is 35.8 Å². The maximum atomic E-state index is 6.08. The first-order valence-electron chi connectivity index (χ1n) is 10.9. The molecule has 0 saturated carbocycles. The van der Waals surface area contributed by atoms with Gasteiger partial charge in [-0.3, -0.25) is 0 Å². The average Bonchev–Trinajstić information content (AvgIpc) is 3.10. The van der Waals surface area contributed by atoms with Crippen molar-refractivity contribution in [1.29, 1.82) is 0 Å². The lowest BCUT2D eigenvalue weighted by Gasteiger charge is -2.08. The topological polar surface area (TPSA) is 30.9 Å². The highest BCUT2D eigenvalue weighted by Gasteiger charge is 2.33. The third-order valence-corrected chi connectivity index (χ3v) is 7.67. The van der Waals surface area contributed by atoms with Crippen molar-refractivity contribution in [3.63, 3.8) is 0 Å². The minimum absolute atomic E-state index is 0.454. The molecule has 0 bridgehead atoms. The minimum atomic E-state index is -0.454. The van der Waals surface area contributed by atoms with E-state index in [-0.39, 0.29) is 0 Å². The second kappa shape index (κ2) is 9.04. The molecule has 0 fully saturated rings. The van der Waals surface area contributed by atoms with Crippen LogP contribution in [0.1, 0.15) is 16.9 Å². The van der Waals surface area contributed by atoms with Crippen molar-refractivity contribution < 1.29 is 13.7 Å². The van der Waals surface area contributed by atoms with E-state index in [4.69, 9.17) is 13.7 Å². The zero-order valence-electron chi connectivity index (χ0n) is 18.8. The molecule has 1 aromatic heterocycles. The van der Waals surface area contributed by atoms with Crippen LogP contribution in [-0.2, 0) is 11.3 Å². The van der Waals surface area contributed by atoms with Gasteiger partial charge in [0.2, 0.25) is 9.75 Å². The van der Waals surface area contributed by atoms with Gasteiger partial charge in [-0.1, -0.05) is 18.2 Å². The molecule has 2 aliphatic rings. The van der Waals surface area contributed by atoms with Crippen LogP contribution in [-0.4, -0.2) is 39.3 Å². The molecule has 0 spiro atoms. The number of fused-ring (bicyclic) bond motifs is 6. The Morgan fingerprint density at radius 2 is 1.88 bits per heavy atom. The number of rotatable bonds is 7. The monoisotopic (exact) mass is 446 g/mol. The van der Waals surface area contributed by atoms with Gasteiger partial charge >= 0.3 is 0 Å². The van der Waals surface area contributed by atoms with Crippen molar-refractivity contribution in [2.45, 2.75) is 13.0 Å².